The smallest absolute Gasteiger partial charge is 0.493 e. The topological polar surface area (TPSA) is 57.2 Å². The Labute approximate surface area is 150 Å². The molecular formula is C18H26B2O5. The lowest BCUT2D eigenvalue weighted by Gasteiger charge is -2.32. The summed E-state index contributed by atoms with van der Waals surface area (Å²) in [5, 5.41) is 10.6. The van der Waals surface area contributed by atoms with Crippen LogP contribution in [0.5, 0.6) is 5.75 Å². The average molecular weight is 344 g/mol. The van der Waals surface area contributed by atoms with Crippen molar-refractivity contribution in [1.29, 1.82) is 0 Å². The number of benzene rings is 1. The molecular weight excluding hydrogens is 318 g/mol. The second-order valence-electron chi connectivity index (χ2n) is 8.12. The van der Waals surface area contributed by atoms with Crippen LogP contribution in [0.25, 0.3) is 5.47 Å². The zero-order chi connectivity index (χ0) is 18.6. The maximum Gasteiger partial charge on any atom is 0.493 e. The normalized spacial score (nSPS) is 24.2. The van der Waals surface area contributed by atoms with Gasteiger partial charge in [0.25, 0.3) is 0 Å². The van der Waals surface area contributed by atoms with E-state index in [-0.39, 0.29) is 0 Å². The van der Waals surface area contributed by atoms with Gasteiger partial charge in [-0.1, -0.05) is 12.1 Å². The number of ether oxygens (including phenoxy) is 1. The first kappa shape index (κ1) is 18.5. The standard InChI is InChI=1S/C18H26B2O5/c1-16(2)15(20-24-17(3,4)18(5,6)25-20)14(19(21)23-16)12-8-10-13(22-7)11-9-12/h8-11,21H,1-7H3. The average Bonchev–Trinajstić information content (AvgIpc) is 2.86. The van der Waals surface area contributed by atoms with Crippen LogP contribution in [0.2, 0.25) is 0 Å². The second kappa shape index (κ2) is 5.88. The van der Waals surface area contributed by atoms with E-state index in [4.69, 9.17) is 18.7 Å². The van der Waals surface area contributed by atoms with Crippen LogP contribution in [0, 0.1) is 0 Å². The van der Waals surface area contributed by atoms with E-state index in [0.717, 1.165) is 16.8 Å². The van der Waals surface area contributed by atoms with Crippen LogP contribution in [0.15, 0.2) is 29.7 Å². The molecule has 7 heteroatoms. The Balaban J connectivity index is 2.09. The lowest BCUT2D eigenvalue weighted by Crippen LogP contribution is -2.41. The van der Waals surface area contributed by atoms with Crippen LogP contribution in [0.4, 0.5) is 0 Å². The van der Waals surface area contributed by atoms with Crippen LogP contribution in [0.1, 0.15) is 47.1 Å². The molecule has 134 valence electrons. The van der Waals surface area contributed by atoms with Crippen LogP contribution < -0.4 is 4.74 Å². The molecule has 2 aliphatic heterocycles. The van der Waals surface area contributed by atoms with Crippen molar-refractivity contribution in [2.24, 2.45) is 0 Å². The minimum Gasteiger partial charge on any atom is -0.497 e. The van der Waals surface area contributed by atoms with E-state index in [1.165, 1.54) is 0 Å². The summed E-state index contributed by atoms with van der Waals surface area (Å²) >= 11 is 0. The van der Waals surface area contributed by atoms with Crippen molar-refractivity contribution in [2.75, 3.05) is 7.11 Å². The molecule has 1 fully saturated rings. The van der Waals surface area contributed by atoms with Crippen LogP contribution in [-0.4, -0.2) is 43.2 Å². The predicted octanol–water partition coefficient (Wildman–Crippen LogP) is 2.91. The molecule has 0 spiro atoms. The van der Waals surface area contributed by atoms with E-state index in [2.05, 4.69) is 0 Å². The van der Waals surface area contributed by atoms with Crippen molar-refractivity contribution >= 4 is 19.7 Å². The summed E-state index contributed by atoms with van der Waals surface area (Å²) in [7, 11) is 0.0208. The van der Waals surface area contributed by atoms with Crippen molar-refractivity contribution < 1.29 is 23.7 Å². The summed E-state index contributed by atoms with van der Waals surface area (Å²) in [6.07, 6.45) is 0. The molecule has 0 aromatic heterocycles. The zero-order valence-electron chi connectivity index (χ0n) is 16.0. The molecule has 0 radical (unpaired) electrons. The molecule has 1 saturated heterocycles. The van der Waals surface area contributed by atoms with Gasteiger partial charge in [-0.25, -0.2) is 0 Å². The summed E-state index contributed by atoms with van der Waals surface area (Å²) in [5.74, 6) is 0.759. The van der Waals surface area contributed by atoms with E-state index in [9.17, 15) is 5.02 Å². The Morgan fingerprint density at radius 3 is 1.88 bits per heavy atom. The Hall–Kier alpha value is -1.27. The highest BCUT2D eigenvalue weighted by Crippen LogP contribution is 2.46. The fraction of sp³-hybridized carbons (Fsp3) is 0.556. The Morgan fingerprint density at radius 1 is 0.880 bits per heavy atom. The number of hydrogen-bond donors (Lipinski definition) is 1. The lowest BCUT2D eigenvalue weighted by molar-refractivity contribution is 0.00578. The van der Waals surface area contributed by atoms with Gasteiger partial charge in [0.2, 0.25) is 0 Å². The molecule has 2 heterocycles. The number of methoxy groups -OCH3 is 1. The highest BCUT2D eigenvalue weighted by atomic mass is 16.7. The third-order valence-electron chi connectivity index (χ3n) is 5.48. The lowest BCUT2D eigenvalue weighted by atomic mass is 9.62. The van der Waals surface area contributed by atoms with Gasteiger partial charge in [-0.15, -0.1) is 0 Å². The maximum atomic E-state index is 10.6. The van der Waals surface area contributed by atoms with Crippen molar-refractivity contribution in [3.63, 3.8) is 0 Å². The summed E-state index contributed by atoms with van der Waals surface area (Å²) in [5.41, 5.74) is 0.771. The van der Waals surface area contributed by atoms with E-state index < -0.39 is 31.0 Å². The molecule has 2 aliphatic rings. The minimum atomic E-state index is -1.03. The Morgan fingerprint density at radius 2 is 1.40 bits per heavy atom. The predicted molar refractivity (Wildman–Crippen MR) is 99.1 cm³/mol. The summed E-state index contributed by atoms with van der Waals surface area (Å²) in [4.78, 5) is 0. The van der Waals surface area contributed by atoms with Crippen molar-refractivity contribution in [3.05, 3.63) is 35.3 Å². The van der Waals surface area contributed by atoms with Gasteiger partial charge in [-0.2, -0.15) is 0 Å². The molecule has 0 saturated carbocycles. The third kappa shape index (κ3) is 3.04. The van der Waals surface area contributed by atoms with Gasteiger partial charge in [-0.3, -0.25) is 0 Å². The summed E-state index contributed by atoms with van der Waals surface area (Å²) in [6.45, 7) is 11.9. The molecule has 0 aliphatic carbocycles. The van der Waals surface area contributed by atoms with E-state index in [0.29, 0.717) is 5.47 Å². The largest absolute Gasteiger partial charge is 0.497 e. The van der Waals surface area contributed by atoms with Crippen molar-refractivity contribution in [1.82, 2.24) is 0 Å². The van der Waals surface area contributed by atoms with Crippen LogP contribution >= 0.6 is 0 Å². The molecule has 1 aromatic carbocycles. The first-order valence-corrected chi connectivity index (χ1v) is 8.59. The molecule has 0 atom stereocenters. The van der Waals surface area contributed by atoms with Gasteiger partial charge in [0.15, 0.2) is 0 Å². The first-order chi connectivity index (χ1) is 11.5. The van der Waals surface area contributed by atoms with Gasteiger partial charge in [0.1, 0.15) is 5.75 Å². The molecule has 5 nitrogen and oxygen atoms in total. The maximum absolute atomic E-state index is 10.6. The highest BCUT2D eigenvalue weighted by Gasteiger charge is 2.58. The van der Waals surface area contributed by atoms with Gasteiger partial charge in [0.05, 0.1) is 23.9 Å². The van der Waals surface area contributed by atoms with Gasteiger partial charge in [0, 0.05) is 0 Å². The van der Waals surface area contributed by atoms with Crippen LogP contribution in [-0.2, 0) is 14.0 Å². The fourth-order valence-corrected chi connectivity index (χ4v) is 3.30. The molecule has 25 heavy (non-hydrogen) atoms. The molecule has 3 rings (SSSR count). The first-order valence-electron chi connectivity index (χ1n) is 8.59. The minimum absolute atomic E-state index is 0.459. The fourth-order valence-electron chi connectivity index (χ4n) is 3.30. The SMILES string of the molecule is COc1ccc(C2=C(B3OC(C)(C)C(C)(C)O3)C(C)(C)OB2O)cc1. The second-order valence-corrected chi connectivity index (χ2v) is 8.12. The van der Waals surface area contributed by atoms with E-state index in [1.54, 1.807) is 7.11 Å². The number of hydrogen-bond acceptors (Lipinski definition) is 5. The van der Waals surface area contributed by atoms with Gasteiger partial charge in [-0.05, 0) is 70.2 Å². The van der Waals surface area contributed by atoms with E-state index >= 15 is 0 Å². The zero-order valence-corrected chi connectivity index (χ0v) is 16.0. The quantitative estimate of drug-likeness (QED) is 0.855. The van der Waals surface area contributed by atoms with Crippen molar-refractivity contribution in [3.8, 4) is 5.75 Å². The van der Waals surface area contributed by atoms with Gasteiger partial charge >= 0.3 is 14.2 Å². The summed E-state index contributed by atoms with van der Waals surface area (Å²) in [6, 6.07) is 7.55. The molecule has 1 N–H and O–H groups in total. The third-order valence-corrected chi connectivity index (χ3v) is 5.48. The monoisotopic (exact) mass is 344 g/mol. The Kier molecular flexibility index (Phi) is 4.35. The Bertz CT molecular complexity index is 678. The van der Waals surface area contributed by atoms with Crippen molar-refractivity contribution in [2.45, 2.75) is 58.3 Å². The molecule has 0 bridgehead atoms. The highest BCUT2D eigenvalue weighted by molar-refractivity contribution is 6.74. The van der Waals surface area contributed by atoms with Crippen LogP contribution in [0.3, 0.4) is 0 Å². The molecule has 1 aromatic rings. The molecule has 0 unspecified atom stereocenters. The number of rotatable bonds is 3. The summed E-state index contributed by atoms with van der Waals surface area (Å²) < 4.78 is 23.5. The van der Waals surface area contributed by atoms with E-state index in [1.807, 2.05) is 65.8 Å². The molecule has 0 amide bonds. The van der Waals surface area contributed by atoms with Gasteiger partial charge < -0.3 is 23.7 Å².